The average molecular weight is 304 g/mol. The minimum atomic E-state index is -0.199. The van der Waals surface area contributed by atoms with Crippen molar-refractivity contribution in [3.63, 3.8) is 0 Å². The lowest BCUT2D eigenvalue weighted by Crippen LogP contribution is -2.27. The maximum Gasteiger partial charge on any atom is 0.124 e. The van der Waals surface area contributed by atoms with Crippen molar-refractivity contribution >= 4 is 15.9 Å². The summed E-state index contributed by atoms with van der Waals surface area (Å²) in [6.45, 7) is 8.10. The second kappa shape index (κ2) is 7.80. The minimum Gasteiger partial charge on any atom is -0.380 e. The summed E-state index contributed by atoms with van der Waals surface area (Å²) in [5.74, 6) is -0.199. The van der Waals surface area contributed by atoms with Gasteiger partial charge in [-0.1, -0.05) is 22.9 Å². The van der Waals surface area contributed by atoms with Gasteiger partial charge in [0.1, 0.15) is 5.82 Å². The van der Waals surface area contributed by atoms with E-state index < -0.39 is 0 Å². The fourth-order valence-electron chi connectivity index (χ4n) is 1.65. The quantitative estimate of drug-likeness (QED) is 0.715. The third-order valence-corrected chi connectivity index (χ3v) is 2.99. The van der Waals surface area contributed by atoms with Crippen LogP contribution in [0.25, 0.3) is 0 Å². The molecule has 0 unspecified atom stereocenters. The van der Waals surface area contributed by atoms with Gasteiger partial charge in [0.05, 0.1) is 6.61 Å². The molecule has 0 heterocycles. The van der Waals surface area contributed by atoms with Crippen LogP contribution in [0.2, 0.25) is 0 Å². The van der Waals surface area contributed by atoms with Gasteiger partial charge in [-0.05, 0) is 37.2 Å². The van der Waals surface area contributed by atoms with E-state index in [1.807, 2.05) is 13.0 Å². The lowest BCUT2D eigenvalue weighted by molar-refractivity contribution is 0.113. The van der Waals surface area contributed by atoms with Crippen LogP contribution in [0.3, 0.4) is 0 Å². The third kappa shape index (κ3) is 5.61. The van der Waals surface area contributed by atoms with Crippen molar-refractivity contribution in [2.24, 2.45) is 0 Å². The lowest BCUT2D eigenvalue weighted by Gasteiger charge is -2.20. The van der Waals surface area contributed by atoms with Crippen LogP contribution in [0.1, 0.15) is 19.4 Å². The first-order valence-electron chi connectivity index (χ1n) is 5.90. The number of benzene rings is 1. The molecule has 0 aliphatic rings. The monoisotopic (exact) mass is 303 g/mol. The molecule has 2 nitrogen and oxygen atoms in total. The van der Waals surface area contributed by atoms with E-state index in [-0.39, 0.29) is 5.82 Å². The van der Waals surface area contributed by atoms with Crippen molar-refractivity contribution in [3.8, 4) is 0 Å². The van der Waals surface area contributed by atoms with Gasteiger partial charge in [-0.3, -0.25) is 4.90 Å². The van der Waals surface area contributed by atoms with Gasteiger partial charge in [0, 0.05) is 24.2 Å². The number of likely N-dealkylation sites (N-methyl/N-ethyl adjacent to an activating group) is 1. The molecule has 0 saturated heterocycles. The van der Waals surface area contributed by atoms with Crippen LogP contribution in [0, 0.1) is 5.82 Å². The molecule has 1 rings (SSSR count). The highest BCUT2D eigenvalue weighted by Gasteiger charge is 2.05. The third-order valence-electron chi connectivity index (χ3n) is 2.53. The van der Waals surface area contributed by atoms with Crippen LogP contribution < -0.4 is 0 Å². The van der Waals surface area contributed by atoms with Crippen molar-refractivity contribution in [1.82, 2.24) is 4.90 Å². The van der Waals surface area contributed by atoms with Gasteiger partial charge < -0.3 is 4.74 Å². The van der Waals surface area contributed by atoms with E-state index in [0.29, 0.717) is 0 Å². The Kier molecular flexibility index (Phi) is 6.70. The van der Waals surface area contributed by atoms with Gasteiger partial charge in [-0.15, -0.1) is 0 Å². The molecule has 0 bridgehead atoms. The molecule has 0 atom stereocenters. The fourth-order valence-corrected chi connectivity index (χ4v) is 2.16. The first kappa shape index (κ1) is 14.6. The summed E-state index contributed by atoms with van der Waals surface area (Å²) in [6.07, 6.45) is 0. The molecular weight excluding hydrogens is 285 g/mol. The first-order valence-corrected chi connectivity index (χ1v) is 6.70. The molecule has 1 aromatic rings. The van der Waals surface area contributed by atoms with Crippen molar-refractivity contribution in [2.75, 3.05) is 26.3 Å². The molecule has 0 aliphatic heterocycles. The molecule has 0 fully saturated rings. The Balaban J connectivity index is 2.54. The van der Waals surface area contributed by atoms with Crippen molar-refractivity contribution < 1.29 is 9.13 Å². The Labute approximate surface area is 111 Å². The van der Waals surface area contributed by atoms with Gasteiger partial charge in [0.15, 0.2) is 0 Å². The smallest absolute Gasteiger partial charge is 0.124 e. The molecule has 17 heavy (non-hydrogen) atoms. The summed E-state index contributed by atoms with van der Waals surface area (Å²) >= 11 is 3.31. The molecule has 96 valence electrons. The zero-order valence-corrected chi connectivity index (χ0v) is 12.0. The molecule has 0 saturated carbocycles. The van der Waals surface area contributed by atoms with Crippen molar-refractivity contribution in [2.45, 2.75) is 20.4 Å². The molecule has 0 amide bonds. The van der Waals surface area contributed by atoms with Crippen molar-refractivity contribution in [1.29, 1.82) is 0 Å². The highest BCUT2D eigenvalue weighted by molar-refractivity contribution is 9.10. The van der Waals surface area contributed by atoms with Crippen molar-refractivity contribution in [3.05, 3.63) is 34.1 Å². The van der Waals surface area contributed by atoms with E-state index in [0.717, 1.165) is 42.9 Å². The Morgan fingerprint density at radius 1 is 1.29 bits per heavy atom. The molecule has 0 aromatic heterocycles. The first-order chi connectivity index (χ1) is 8.15. The maximum absolute atomic E-state index is 13.2. The molecule has 0 spiro atoms. The average Bonchev–Trinajstić information content (AvgIpc) is 2.26. The summed E-state index contributed by atoms with van der Waals surface area (Å²) < 4.78 is 19.3. The summed E-state index contributed by atoms with van der Waals surface area (Å²) in [5, 5.41) is 0. The van der Waals surface area contributed by atoms with Crippen LogP contribution in [-0.2, 0) is 11.3 Å². The SMILES string of the molecule is CCOCCN(CC)Cc1cc(F)cc(Br)c1. The van der Waals surface area contributed by atoms with Gasteiger partial charge in [-0.2, -0.15) is 0 Å². The Morgan fingerprint density at radius 3 is 2.65 bits per heavy atom. The summed E-state index contributed by atoms with van der Waals surface area (Å²) in [5.41, 5.74) is 0.982. The van der Waals surface area contributed by atoms with Gasteiger partial charge in [0.25, 0.3) is 0 Å². The zero-order chi connectivity index (χ0) is 12.7. The molecule has 1 aromatic carbocycles. The van der Waals surface area contributed by atoms with Gasteiger partial charge in [-0.25, -0.2) is 4.39 Å². The largest absolute Gasteiger partial charge is 0.380 e. The molecule has 0 aliphatic carbocycles. The highest BCUT2D eigenvalue weighted by Crippen LogP contribution is 2.16. The number of ether oxygens (including phenoxy) is 1. The second-order valence-corrected chi connectivity index (χ2v) is 4.76. The van der Waals surface area contributed by atoms with E-state index in [9.17, 15) is 4.39 Å². The zero-order valence-electron chi connectivity index (χ0n) is 10.4. The highest BCUT2D eigenvalue weighted by atomic mass is 79.9. The summed E-state index contributed by atoms with van der Waals surface area (Å²) in [7, 11) is 0. The van der Waals surface area contributed by atoms with Crippen LogP contribution in [0.5, 0.6) is 0 Å². The van der Waals surface area contributed by atoms with Gasteiger partial charge in [0.2, 0.25) is 0 Å². The van der Waals surface area contributed by atoms with E-state index in [4.69, 9.17) is 4.74 Å². The predicted octanol–water partition coefficient (Wildman–Crippen LogP) is 3.45. The minimum absolute atomic E-state index is 0.199. The van der Waals surface area contributed by atoms with Crippen LogP contribution >= 0.6 is 15.9 Å². The van der Waals surface area contributed by atoms with Crippen LogP contribution in [0.4, 0.5) is 4.39 Å². The number of hydrogen-bond acceptors (Lipinski definition) is 2. The van der Waals surface area contributed by atoms with E-state index in [2.05, 4.69) is 27.8 Å². The Hall–Kier alpha value is -0.450. The summed E-state index contributed by atoms with van der Waals surface area (Å²) in [4.78, 5) is 2.23. The Morgan fingerprint density at radius 2 is 2.06 bits per heavy atom. The normalized spacial score (nSPS) is 11.1. The lowest BCUT2D eigenvalue weighted by atomic mass is 10.2. The fraction of sp³-hybridized carbons (Fsp3) is 0.538. The van der Waals surface area contributed by atoms with Crippen LogP contribution in [0.15, 0.2) is 22.7 Å². The van der Waals surface area contributed by atoms with E-state index >= 15 is 0 Å². The summed E-state index contributed by atoms with van der Waals surface area (Å²) in [6, 6.07) is 5.00. The molecule has 0 N–H and O–H groups in total. The number of rotatable bonds is 7. The molecule has 0 radical (unpaired) electrons. The number of nitrogens with zero attached hydrogens (tertiary/aromatic N) is 1. The number of hydrogen-bond donors (Lipinski definition) is 0. The maximum atomic E-state index is 13.2. The standard InChI is InChI=1S/C13H19BrFNO/c1-3-16(5-6-17-4-2)10-11-7-12(14)9-13(15)8-11/h7-9H,3-6,10H2,1-2H3. The van der Waals surface area contributed by atoms with Gasteiger partial charge >= 0.3 is 0 Å². The second-order valence-electron chi connectivity index (χ2n) is 3.84. The topological polar surface area (TPSA) is 12.5 Å². The number of halogens is 2. The van der Waals surface area contributed by atoms with E-state index in [1.54, 1.807) is 6.07 Å². The molecule has 4 heteroatoms. The van der Waals surface area contributed by atoms with E-state index in [1.165, 1.54) is 6.07 Å². The molecular formula is C13H19BrFNO. The predicted molar refractivity (Wildman–Crippen MR) is 71.5 cm³/mol. The Bertz CT molecular complexity index is 326. The van der Waals surface area contributed by atoms with Crippen LogP contribution in [-0.4, -0.2) is 31.2 Å².